The number of hydrogen-bond donors (Lipinski definition) is 0. The number of anilines is 6. The molecule has 0 bridgehead atoms. The highest BCUT2D eigenvalue weighted by atomic mass is 15.1. The third-order valence-corrected chi connectivity index (χ3v) is 20.0. The molecule has 1 aliphatic rings. The van der Waals surface area contributed by atoms with Crippen molar-refractivity contribution in [2.75, 3.05) is 9.80 Å². The zero-order valence-electron chi connectivity index (χ0n) is 55.9. The monoisotopic (exact) mass is 1240 g/mol. The van der Waals surface area contributed by atoms with Gasteiger partial charge in [-0.05, 0) is 233 Å². The van der Waals surface area contributed by atoms with E-state index in [1.165, 1.54) is 168 Å². The van der Waals surface area contributed by atoms with E-state index in [2.05, 4.69) is 327 Å². The van der Waals surface area contributed by atoms with Crippen molar-refractivity contribution in [3.05, 3.63) is 381 Å². The van der Waals surface area contributed by atoms with E-state index in [4.69, 9.17) is 0 Å². The number of hydrogen-bond acceptors (Lipinski definition) is 2. The van der Waals surface area contributed by atoms with Crippen molar-refractivity contribution in [3.8, 4) is 11.1 Å². The Bertz CT molecular complexity index is 3940. The molecule has 2 nitrogen and oxygen atoms in total. The minimum atomic E-state index is 0.157. The van der Waals surface area contributed by atoms with Gasteiger partial charge in [-0.15, -0.1) is 0 Å². The van der Waals surface area contributed by atoms with Gasteiger partial charge >= 0.3 is 0 Å². The number of fused-ring (bicyclic) bond motifs is 3. The molecule has 0 N–H and O–H groups in total. The van der Waals surface area contributed by atoms with Gasteiger partial charge in [0.15, 0.2) is 0 Å². The Balaban J connectivity index is 0.536. The van der Waals surface area contributed by atoms with Gasteiger partial charge in [0.2, 0.25) is 0 Å². The molecule has 13 rings (SSSR count). The molecule has 0 spiro atoms. The summed E-state index contributed by atoms with van der Waals surface area (Å²) in [7, 11) is 0. The first-order valence-corrected chi connectivity index (χ1v) is 35.5. The van der Waals surface area contributed by atoms with Crippen LogP contribution in [0.1, 0.15) is 167 Å². The Morgan fingerprint density at radius 1 is 0.242 bits per heavy atom. The highest BCUT2D eigenvalue weighted by Crippen LogP contribution is 2.43. The molecule has 474 valence electrons. The average Bonchev–Trinajstić information content (AvgIpc) is 1.68. The lowest BCUT2D eigenvalue weighted by Crippen LogP contribution is -2.10. The first-order valence-electron chi connectivity index (χ1n) is 35.5. The normalized spacial score (nSPS) is 12.2. The molecule has 12 aromatic rings. The van der Waals surface area contributed by atoms with E-state index in [1.807, 2.05) is 0 Å². The molecule has 0 saturated carbocycles. The number of aryl methyl sites for hydroxylation is 6. The molecule has 0 fully saturated rings. The van der Waals surface area contributed by atoms with E-state index < -0.39 is 0 Å². The van der Waals surface area contributed by atoms with Gasteiger partial charge in [-0.25, -0.2) is 0 Å². The molecule has 12 aromatic carbocycles. The molecular weight excluding hydrogens is 1150 g/mol. The quantitative estimate of drug-likeness (QED) is 0.0327. The molecular formula is C93H92N2. The Morgan fingerprint density at radius 2 is 0.484 bits per heavy atom. The van der Waals surface area contributed by atoms with Gasteiger partial charge in [-0.1, -0.05) is 282 Å². The maximum atomic E-state index is 2.58. The van der Waals surface area contributed by atoms with Gasteiger partial charge in [-0.2, -0.15) is 0 Å². The second kappa shape index (κ2) is 31.9. The van der Waals surface area contributed by atoms with Gasteiger partial charge in [0.05, 0.1) is 0 Å². The summed E-state index contributed by atoms with van der Waals surface area (Å²) in [6.07, 6.45) is 21.1. The van der Waals surface area contributed by atoms with Crippen molar-refractivity contribution in [2.45, 2.75) is 135 Å². The molecule has 95 heavy (non-hydrogen) atoms. The Kier molecular flexibility index (Phi) is 21.5. The van der Waals surface area contributed by atoms with Crippen molar-refractivity contribution >= 4 is 34.1 Å². The molecule has 2 heteroatoms. The molecule has 1 aliphatic carbocycles. The molecule has 0 saturated heterocycles. The Labute approximate surface area is 567 Å². The second-order valence-electron chi connectivity index (χ2n) is 26.7. The lowest BCUT2D eigenvalue weighted by molar-refractivity contribution is 0.593. The van der Waals surface area contributed by atoms with Crippen LogP contribution < -0.4 is 9.80 Å². The van der Waals surface area contributed by atoms with E-state index in [9.17, 15) is 0 Å². The molecule has 0 amide bonds. The highest BCUT2D eigenvalue weighted by Gasteiger charge is 2.24. The number of para-hydroxylation sites is 4. The van der Waals surface area contributed by atoms with Crippen molar-refractivity contribution in [2.24, 2.45) is 0 Å². The maximum absolute atomic E-state index is 2.58. The lowest BCUT2D eigenvalue weighted by atomic mass is 9.84. The first-order chi connectivity index (χ1) is 47.0. The van der Waals surface area contributed by atoms with Gasteiger partial charge in [0.25, 0.3) is 0 Å². The van der Waals surface area contributed by atoms with Crippen molar-refractivity contribution < 1.29 is 0 Å². The Morgan fingerprint density at radius 3 is 0.789 bits per heavy atom. The molecule has 0 heterocycles. The maximum Gasteiger partial charge on any atom is 0.0461 e. The molecule has 0 radical (unpaired) electrons. The SMILES string of the molecule is Cc1cc2c(cc1CCCCCCCCc1ccc(C(c3ccccc3)c3ccc(N(c4ccccc4)c4ccccc4)cc3)cc1)-c1cc(CCCCCCCCc3ccc(C(c4ccccc4)c4ccc(N(c5ccccc5)c5ccccc5)cc4)cc3)c(C)cc1C2. The van der Waals surface area contributed by atoms with Crippen LogP contribution in [0.25, 0.3) is 11.1 Å². The van der Waals surface area contributed by atoms with Crippen LogP contribution in [-0.4, -0.2) is 0 Å². The van der Waals surface area contributed by atoms with E-state index in [1.54, 1.807) is 11.1 Å². The fraction of sp³-hybridized carbons (Fsp3) is 0.226. The van der Waals surface area contributed by atoms with Crippen LogP contribution in [0.15, 0.2) is 303 Å². The molecule has 2 atom stereocenters. The zero-order chi connectivity index (χ0) is 64.4. The fourth-order valence-corrected chi connectivity index (χ4v) is 14.9. The number of benzene rings is 12. The van der Waals surface area contributed by atoms with Crippen molar-refractivity contribution in [1.82, 2.24) is 0 Å². The number of rotatable bonds is 30. The summed E-state index contributed by atoms with van der Waals surface area (Å²) in [6, 6.07) is 112. The van der Waals surface area contributed by atoms with Crippen LogP contribution >= 0.6 is 0 Å². The summed E-state index contributed by atoms with van der Waals surface area (Å²) in [4.78, 5) is 4.67. The predicted octanol–water partition coefficient (Wildman–Crippen LogP) is 25.4. The van der Waals surface area contributed by atoms with E-state index in [0.29, 0.717) is 0 Å². The Hall–Kier alpha value is -9.76. The number of unbranched alkanes of at least 4 members (excludes halogenated alkanes) is 10. The van der Waals surface area contributed by atoms with E-state index in [-0.39, 0.29) is 11.8 Å². The van der Waals surface area contributed by atoms with Crippen molar-refractivity contribution in [1.29, 1.82) is 0 Å². The first kappa shape index (κ1) is 64.0. The molecule has 0 aliphatic heterocycles. The highest BCUT2D eigenvalue weighted by molar-refractivity contribution is 5.80. The van der Waals surface area contributed by atoms with Crippen LogP contribution in [0.2, 0.25) is 0 Å². The van der Waals surface area contributed by atoms with Crippen molar-refractivity contribution in [3.63, 3.8) is 0 Å². The van der Waals surface area contributed by atoms with Gasteiger partial charge < -0.3 is 9.80 Å². The summed E-state index contributed by atoms with van der Waals surface area (Å²) in [5.74, 6) is 0.313. The molecule has 2 unspecified atom stereocenters. The summed E-state index contributed by atoms with van der Waals surface area (Å²) >= 11 is 0. The second-order valence-corrected chi connectivity index (χ2v) is 26.7. The van der Waals surface area contributed by atoms with Crippen LogP contribution in [-0.2, 0) is 32.1 Å². The summed E-state index contributed by atoms with van der Waals surface area (Å²) in [6.45, 7) is 4.70. The largest absolute Gasteiger partial charge is 0.311 e. The fourth-order valence-electron chi connectivity index (χ4n) is 14.9. The summed E-state index contributed by atoms with van der Waals surface area (Å²) in [5.41, 5.74) is 29.8. The number of nitrogens with zero attached hydrogens (tertiary/aromatic N) is 2. The van der Waals surface area contributed by atoms with Crippen LogP contribution in [0.4, 0.5) is 34.1 Å². The lowest BCUT2D eigenvalue weighted by Gasteiger charge is -2.26. The van der Waals surface area contributed by atoms with Gasteiger partial charge in [0.1, 0.15) is 0 Å². The minimum Gasteiger partial charge on any atom is -0.311 e. The van der Waals surface area contributed by atoms with Crippen LogP contribution in [0.5, 0.6) is 0 Å². The van der Waals surface area contributed by atoms with E-state index in [0.717, 1.165) is 53.4 Å². The van der Waals surface area contributed by atoms with E-state index >= 15 is 0 Å². The third-order valence-electron chi connectivity index (χ3n) is 20.0. The third kappa shape index (κ3) is 16.1. The van der Waals surface area contributed by atoms with Gasteiger partial charge in [-0.3, -0.25) is 0 Å². The zero-order valence-corrected chi connectivity index (χ0v) is 55.9. The van der Waals surface area contributed by atoms with Gasteiger partial charge in [0, 0.05) is 46.0 Å². The predicted molar refractivity (Wildman–Crippen MR) is 404 cm³/mol. The standard InChI is InChI=1S/C93H92N2/c1-70-65-82-67-83-66-71(2)81(40-20-10-6-4-8-18-34-73-51-55-77(56-52-73)93(75-37-23-12-24-38-75)79-59-63-89(64-60-79)95(86-45-29-15-30-46-86)87-47-31-16-32-48-87)69-91(83)90(82)68-80(70)39-19-9-5-3-7-17-33-72-49-53-76(54-50-72)92(74-35-21-11-22-36-74)78-57-61-88(62-58-78)94(84-41-25-13-26-42-84)85-43-27-14-28-44-85/h11-16,21-32,35-38,41-66,68-69,92-93H,3-10,17-20,33-34,39-40,67H2,1-2H3. The topological polar surface area (TPSA) is 6.48 Å². The summed E-state index contributed by atoms with van der Waals surface area (Å²) in [5, 5.41) is 0. The van der Waals surface area contributed by atoms with Crippen LogP contribution in [0.3, 0.4) is 0 Å². The molecule has 0 aromatic heterocycles. The average molecular weight is 1240 g/mol. The summed E-state index contributed by atoms with van der Waals surface area (Å²) < 4.78 is 0. The van der Waals surface area contributed by atoms with Crippen LogP contribution in [0, 0.1) is 13.8 Å². The smallest absolute Gasteiger partial charge is 0.0461 e. The minimum absolute atomic E-state index is 0.157.